The van der Waals surface area contributed by atoms with E-state index >= 15 is 0 Å². The fourth-order valence-corrected chi connectivity index (χ4v) is 1.61. The van der Waals surface area contributed by atoms with Crippen LogP contribution in [-0.4, -0.2) is 19.4 Å². The molecule has 0 bridgehead atoms. The maximum absolute atomic E-state index is 13.6. The lowest BCUT2D eigenvalue weighted by atomic mass is 10.2. The summed E-state index contributed by atoms with van der Waals surface area (Å²) in [7, 11) is 0. The summed E-state index contributed by atoms with van der Waals surface area (Å²) in [6.07, 6.45) is 1.57. The molecular formula is C10H11ClFN3. The summed E-state index contributed by atoms with van der Waals surface area (Å²) in [5.74, 6) is 0.0578. The Bertz CT molecular complexity index is 381. The highest BCUT2D eigenvalue weighted by Gasteiger charge is 2.12. The molecule has 0 spiro atoms. The number of rotatable bonds is 2. The van der Waals surface area contributed by atoms with E-state index in [-0.39, 0.29) is 5.82 Å². The van der Waals surface area contributed by atoms with Gasteiger partial charge in [-0.05, 0) is 17.7 Å². The van der Waals surface area contributed by atoms with Crippen molar-refractivity contribution in [1.82, 2.24) is 5.43 Å². The van der Waals surface area contributed by atoms with Crippen molar-refractivity contribution in [2.45, 2.75) is 5.88 Å². The van der Waals surface area contributed by atoms with E-state index < -0.39 is 0 Å². The number of hydrogen-bond acceptors (Lipinski definition) is 3. The minimum Gasteiger partial charge on any atom is -0.288 e. The second kappa shape index (κ2) is 4.49. The number of hydrazine groups is 1. The standard InChI is InChI=1S/C10H11ClFN3/c11-6-8-1-2-10(9(12)5-8)15-4-3-13-7-14-15/h1-2,5,7H,3-4,6H2,(H,13,14). The number of hydrogen-bond donors (Lipinski definition) is 1. The smallest absolute Gasteiger partial charge is 0.148 e. The van der Waals surface area contributed by atoms with Gasteiger partial charge in [-0.25, -0.2) is 4.39 Å². The first-order valence-electron chi connectivity index (χ1n) is 4.67. The molecule has 80 valence electrons. The topological polar surface area (TPSA) is 27.6 Å². The fourth-order valence-electron chi connectivity index (χ4n) is 1.44. The monoisotopic (exact) mass is 227 g/mol. The summed E-state index contributed by atoms with van der Waals surface area (Å²) in [6, 6.07) is 4.99. The molecule has 1 aromatic carbocycles. The normalized spacial score (nSPS) is 15.2. The zero-order valence-electron chi connectivity index (χ0n) is 8.08. The molecule has 0 aromatic heterocycles. The van der Waals surface area contributed by atoms with E-state index in [4.69, 9.17) is 11.6 Å². The van der Waals surface area contributed by atoms with Gasteiger partial charge in [0.05, 0.1) is 18.8 Å². The lowest BCUT2D eigenvalue weighted by Gasteiger charge is -2.26. The molecule has 0 unspecified atom stereocenters. The average Bonchev–Trinajstić information content (AvgIpc) is 2.30. The molecule has 1 heterocycles. The summed E-state index contributed by atoms with van der Waals surface area (Å²) in [5, 5.41) is 1.72. The Balaban J connectivity index is 2.24. The first kappa shape index (κ1) is 10.2. The fraction of sp³-hybridized carbons (Fsp3) is 0.300. The average molecular weight is 228 g/mol. The molecule has 5 heteroatoms. The van der Waals surface area contributed by atoms with Gasteiger partial charge in [-0.2, -0.15) is 0 Å². The van der Waals surface area contributed by atoms with Crippen LogP contribution in [0, 0.1) is 5.82 Å². The minimum absolute atomic E-state index is 0.268. The summed E-state index contributed by atoms with van der Waals surface area (Å²) in [6.45, 7) is 1.33. The van der Waals surface area contributed by atoms with E-state index in [0.29, 0.717) is 24.7 Å². The predicted molar refractivity (Wildman–Crippen MR) is 59.8 cm³/mol. The van der Waals surface area contributed by atoms with Crippen LogP contribution in [0.5, 0.6) is 0 Å². The number of nitrogens with zero attached hydrogens (tertiary/aromatic N) is 2. The molecule has 0 atom stereocenters. The Morgan fingerprint density at radius 1 is 1.53 bits per heavy atom. The molecule has 2 rings (SSSR count). The Kier molecular flexibility index (Phi) is 3.06. The summed E-state index contributed by atoms with van der Waals surface area (Å²) >= 11 is 5.62. The maximum atomic E-state index is 13.6. The molecule has 0 saturated carbocycles. The van der Waals surface area contributed by atoms with Crippen LogP contribution in [0.15, 0.2) is 23.2 Å². The highest BCUT2D eigenvalue weighted by molar-refractivity contribution is 6.17. The predicted octanol–water partition coefficient (Wildman–Crippen LogP) is 1.92. The molecule has 0 saturated heterocycles. The van der Waals surface area contributed by atoms with Crippen molar-refractivity contribution in [2.24, 2.45) is 4.99 Å². The van der Waals surface area contributed by atoms with Gasteiger partial charge in [-0.3, -0.25) is 15.4 Å². The molecule has 1 aliphatic heterocycles. The number of alkyl halides is 1. The van der Waals surface area contributed by atoms with Gasteiger partial charge in [-0.15, -0.1) is 11.6 Å². The Hall–Kier alpha value is -1.29. The van der Waals surface area contributed by atoms with Crippen LogP contribution >= 0.6 is 11.6 Å². The lowest BCUT2D eigenvalue weighted by Crippen LogP contribution is -2.42. The Labute approximate surface area is 92.5 Å². The number of halogens is 2. The van der Waals surface area contributed by atoms with Crippen molar-refractivity contribution in [3.63, 3.8) is 0 Å². The van der Waals surface area contributed by atoms with Gasteiger partial charge >= 0.3 is 0 Å². The Morgan fingerprint density at radius 2 is 2.40 bits per heavy atom. The van der Waals surface area contributed by atoms with E-state index in [9.17, 15) is 4.39 Å². The number of anilines is 1. The van der Waals surface area contributed by atoms with E-state index in [0.717, 1.165) is 5.56 Å². The van der Waals surface area contributed by atoms with Crippen molar-refractivity contribution in [2.75, 3.05) is 18.1 Å². The van der Waals surface area contributed by atoms with Crippen molar-refractivity contribution in [1.29, 1.82) is 0 Å². The van der Waals surface area contributed by atoms with Gasteiger partial charge in [0, 0.05) is 5.88 Å². The SMILES string of the molecule is Fc1cc(CCl)ccc1N1CCN=CN1. The second-order valence-electron chi connectivity index (χ2n) is 3.24. The van der Waals surface area contributed by atoms with Crippen molar-refractivity contribution >= 4 is 23.6 Å². The van der Waals surface area contributed by atoms with Crippen LogP contribution in [0.3, 0.4) is 0 Å². The van der Waals surface area contributed by atoms with E-state index in [1.807, 2.05) is 6.07 Å². The van der Waals surface area contributed by atoms with Gasteiger partial charge in [0.25, 0.3) is 0 Å². The van der Waals surface area contributed by atoms with Gasteiger partial charge < -0.3 is 0 Å². The van der Waals surface area contributed by atoms with Gasteiger partial charge in [0.15, 0.2) is 0 Å². The van der Waals surface area contributed by atoms with Crippen LogP contribution in [0.4, 0.5) is 10.1 Å². The van der Waals surface area contributed by atoms with Crippen LogP contribution < -0.4 is 10.4 Å². The van der Waals surface area contributed by atoms with E-state index in [1.165, 1.54) is 6.07 Å². The molecule has 0 aliphatic carbocycles. The zero-order chi connectivity index (χ0) is 10.7. The highest BCUT2D eigenvalue weighted by Crippen LogP contribution is 2.20. The molecular weight excluding hydrogens is 217 g/mol. The highest BCUT2D eigenvalue weighted by atomic mass is 35.5. The Morgan fingerprint density at radius 3 is 3.00 bits per heavy atom. The van der Waals surface area contributed by atoms with Crippen molar-refractivity contribution in [3.05, 3.63) is 29.6 Å². The number of nitrogens with one attached hydrogen (secondary N) is 1. The largest absolute Gasteiger partial charge is 0.288 e. The van der Waals surface area contributed by atoms with E-state index in [2.05, 4.69) is 10.4 Å². The molecule has 0 radical (unpaired) electrons. The number of aliphatic imine (C=N–C) groups is 1. The third kappa shape index (κ3) is 2.21. The first-order valence-corrected chi connectivity index (χ1v) is 5.21. The third-order valence-electron chi connectivity index (χ3n) is 2.21. The van der Waals surface area contributed by atoms with Crippen LogP contribution in [0.25, 0.3) is 0 Å². The van der Waals surface area contributed by atoms with Gasteiger partial charge in [-0.1, -0.05) is 6.07 Å². The minimum atomic E-state index is -0.268. The first-order chi connectivity index (χ1) is 7.31. The van der Waals surface area contributed by atoms with Crippen LogP contribution in [0.2, 0.25) is 0 Å². The van der Waals surface area contributed by atoms with Crippen molar-refractivity contribution in [3.8, 4) is 0 Å². The quantitative estimate of drug-likeness (QED) is 0.782. The maximum Gasteiger partial charge on any atom is 0.148 e. The molecule has 1 aliphatic rings. The van der Waals surface area contributed by atoms with Crippen LogP contribution in [-0.2, 0) is 5.88 Å². The van der Waals surface area contributed by atoms with Crippen LogP contribution in [0.1, 0.15) is 5.56 Å². The van der Waals surface area contributed by atoms with Gasteiger partial charge in [0.1, 0.15) is 12.2 Å². The zero-order valence-corrected chi connectivity index (χ0v) is 8.84. The molecule has 3 nitrogen and oxygen atoms in total. The lowest BCUT2D eigenvalue weighted by molar-refractivity contribution is 0.608. The van der Waals surface area contributed by atoms with Gasteiger partial charge in [0.2, 0.25) is 0 Å². The van der Waals surface area contributed by atoms with E-state index in [1.54, 1.807) is 17.4 Å². The molecule has 0 fully saturated rings. The summed E-state index contributed by atoms with van der Waals surface area (Å²) in [5.41, 5.74) is 4.19. The number of benzene rings is 1. The third-order valence-corrected chi connectivity index (χ3v) is 2.52. The second-order valence-corrected chi connectivity index (χ2v) is 3.50. The van der Waals surface area contributed by atoms with Crippen molar-refractivity contribution < 1.29 is 4.39 Å². The summed E-state index contributed by atoms with van der Waals surface area (Å²) in [4.78, 5) is 3.99. The summed E-state index contributed by atoms with van der Waals surface area (Å²) < 4.78 is 13.6. The molecule has 1 N–H and O–H groups in total. The molecule has 0 amide bonds. The molecule has 15 heavy (non-hydrogen) atoms. The molecule has 1 aromatic rings.